The topological polar surface area (TPSA) is 12.5 Å². The summed E-state index contributed by atoms with van der Waals surface area (Å²) >= 11 is 0. The van der Waals surface area contributed by atoms with Crippen molar-refractivity contribution in [3.05, 3.63) is 35.9 Å². The molecule has 0 aromatic heterocycles. The Balaban J connectivity index is 2.40. The fourth-order valence-corrected chi connectivity index (χ4v) is 2.42. The van der Waals surface area contributed by atoms with Gasteiger partial charge < -0.3 is 9.64 Å². The first-order valence-electron chi connectivity index (χ1n) is 5.62. The van der Waals surface area contributed by atoms with E-state index in [0.717, 1.165) is 18.8 Å². The number of benzene rings is 2. The van der Waals surface area contributed by atoms with Crippen LogP contribution in [0.25, 0.3) is 10.8 Å². The summed E-state index contributed by atoms with van der Waals surface area (Å²) in [5.41, 5.74) is 2.66. The molecule has 0 unspecified atom stereocenters. The van der Waals surface area contributed by atoms with Crippen LogP contribution in [0.4, 0.5) is 5.69 Å². The number of hydrogen-bond donors (Lipinski definition) is 0. The van der Waals surface area contributed by atoms with Crippen LogP contribution in [0.15, 0.2) is 30.3 Å². The molecule has 0 amide bonds. The van der Waals surface area contributed by atoms with Gasteiger partial charge in [-0.15, -0.1) is 0 Å². The molecule has 0 atom stereocenters. The summed E-state index contributed by atoms with van der Waals surface area (Å²) in [6.07, 6.45) is 1.02. The second-order valence-electron chi connectivity index (χ2n) is 4.42. The second kappa shape index (κ2) is 3.41. The van der Waals surface area contributed by atoms with Crippen LogP contribution in [-0.4, -0.2) is 20.7 Å². The third kappa shape index (κ3) is 1.26. The maximum absolute atomic E-state index is 5.71. The van der Waals surface area contributed by atoms with E-state index < -0.39 is 0 Å². The predicted octanol–water partition coefficient (Wildman–Crippen LogP) is 2.84. The van der Waals surface area contributed by atoms with Gasteiger partial charge in [0.1, 0.15) is 5.75 Å². The van der Waals surface area contributed by atoms with Crippen molar-refractivity contribution in [2.75, 3.05) is 25.6 Å². The lowest BCUT2D eigenvalue weighted by atomic mass is 9.98. The highest BCUT2D eigenvalue weighted by molar-refractivity contribution is 6.00. The Labute approximate surface area is 95.4 Å². The molecule has 1 aliphatic rings. The van der Waals surface area contributed by atoms with Gasteiger partial charge in [0, 0.05) is 37.0 Å². The fourth-order valence-electron chi connectivity index (χ4n) is 2.42. The molecule has 2 aromatic carbocycles. The van der Waals surface area contributed by atoms with Crippen molar-refractivity contribution in [1.29, 1.82) is 0 Å². The van der Waals surface area contributed by atoms with Gasteiger partial charge >= 0.3 is 0 Å². The summed E-state index contributed by atoms with van der Waals surface area (Å²) in [5, 5.41) is 2.58. The van der Waals surface area contributed by atoms with E-state index in [1.165, 1.54) is 22.0 Å². The Bertz CT molecular complexity index is 535. The molecule has 0 aliphatic carbocycles. The molecule has 1 aliphatic heterocycles. The minimum atomic E-state index is 0.799. The summed E-state index contributed by atoms with van der Waals surface area (Å²) in [5.74, 6) is 1.03. The van der Waals surface area contributed by atoms with Gasteiger partial charge in [-0.2, -0.15) is 0 Å². The average molecular weight is 213 g/mol. The molecule has 2 aromatic rings. The highest BCUT2D eigenvalue weighted by atomic mass is 16.5. The SMILES string of the molecule is CN(C)c1ccc2c3c(cccc13)CCO2. The lowest BCUT2D eigenvalue weighted by Crippen LogP contribution is -2.12. The van der Waals surface area contributed by atoms with E-state index in [9.17, 15) is 0 Å². The summed E-state index contributed by atoms with van der Waals surface area (Å²) in [4.78, 5) is 2.15. The van der Waals surface area contributed by atoms with Gasteiger partial charge in [-0.1, -0.05) is 18.2 Å². The van der Waals surface area contributed by atoms with Crippen LogP contribution in [-0.2, 0) is 6.42 Å². The first-order chi connectivity index (χ1) is 7.77. The summed E-state index contributed by atoms with van der Waals surface area (Å²) in [7, 11) is 4.15. The summed E-state index contributed by atoms with van der Waals surface area (Å²) < 4.78 is 5.71. The molecular formula is C14H15NO. The van der Waals surface area contributed by atoms with Crippen LogP contribution < -0.4 is 9.64 Å². The monoisotopic (exact) mass is 213 g/mol. The van der Waals surface area contributed by atoms with Crippen molar-refractivity contribution in [2.45, 2.75) is 6.42 Å². The van der Waals surface area contributed by atoms with Crippen molar-refractivity contribution in [3.8, 4) is 5.75 Å². The molecule has 0 saturated heterocycles. The first-order valence-corrected chi connectivity index (χ1v) is 5.62. The molecule has 0 spiro atoms. The maximum Gasteiger partial charge on any atom is 0.127 e. The number of ether oxygens (including phenoxy) is 1. The molecule has 2 nitrogen and oxygen atoms in total. The van der Waals surface area contributed by atoms with Crippen molar-refractivity contribution < 1.29 is 4.74 Å². The molecule has 3 rings (SSSR count). The standard InChI is InChI=1S/C14H15NO/c1-15(2)12-6-7-13-14-10(8-9-16-13)4-3-5-11(12)14/h3-7H,8-9H2,1-2H3. The zero-order chi connectivity index (χ0) is 11.1. The van der Waals surface area contributed by atoms with E-state index in [0.29, 0.717) is 0 Å². The highest BCUT2D eigenvalue weighted by Crippen LogP contribution is 2.37. The minimum absolute atomic E-state index is 0.799. The minimum Gasteiger partial charge on any atom is -0.493 e. The lowest BCUT2D eigenvalue weighted by Gasteiger charge is -2.22. The van der Waals surface area contributed by atoms with E-state index >= 15 is 0 Å². The predicted molar refractivity (Wildman–Crippen MR) is 67.5 cm³/mol. The van der Waals surface area contributed by atoms with Crippen molar-refractivity contribution >= 4 is 16.5 Å². The van der Waals surface area contributed by atoms with E-state index in [2.05, 4.69) is 49.3 Å². The van der Waals surface area contributed by atoms with Gasteiger partial charge in [-0.05, 0) is 17.7 Å². The van der Waals surface area contributed by atoms with E-state index in [-0.39, 0.29) is 0 Å². The molecule has 0 saturated carbocycles. The Morgan fingerprint density at radius 3 is 2.81 bits per heavy atom. The van der Waals surface area contributed by atoms with Crippen molar-refractivity contribution in [2.24, 2.45) is 0 Å². The van der Waals surface area contributed by atoms with Crippen molar-refractivity contribution in [1.82, 2.24) is 0 Å². The molecule has 0 fully saturated rings. The fraction of sp³-hybridized carbons (Fsp3) is 0.286. The van der Waals surface area contributed by atoms with Crippen LogP contribution in [0, 0.1) is 0 Å². The third-order valence-corrected chi connectivity index (χ3v) is 3.18. The number of rotatable bonds is 1. The quantitative estimate of drug-likeness (QED) is 0.722. The summed E-state index contributed by atoms with van der Waals surface area (Å²) in [6, 6.07) is 10.7. The highest BCUT2D eigenvalue weighted by Gasteiger charge is 2.15. The number of nitrogens with zero attached hydrogens (tertiary/aromatic N) is 1. The van der Waals surface area contributed by atoms with Crippen molar-refractivity contribution in [3.63, 3.8) is 0 Å². The number of anilines is 1. The zero-order valence-electron chi connectivity index (χ0n) is 9.66. The van der Waals surface area contributed by atoms with E-state index in [1.807, 2.05) is 0 Å². The van der Waals surface area contributed by atoms with Crippen LogP contribution in [0.2, 0.25) is 0 Å². The molecule has 1 heterocycles. The van der Waals surface area contributed by atoms with E-state index in [4.69, 9.17) is 4.74 Å². The van der Waals surface area contributed by atoms with Gasteiger partial charge in [0.25, 0.3) is 0 Å². The number of hydrogen-bond acceptors (Lipinski definition) is 2. The zero-order valence-corrected chi connectivity index (χ0v) is 9.66. The summed E-state index contributed by atoms with van der Waals surface area (Å²) in [6.45, 7) is 0.799. The first kappa shape index (κ1) is 9.52. The van der Waals surface area contributed by atoms with Crippen LogP contribution >= 0.6 is 0 Å². The van der Waals surface area contributed by atoms with E-state index in [1.54, 1.807) is 0 Å². The van der Waals surface area contributed by atoms with Crippen LogP contribution in [0.1, 0.15) is 5.56 Å². The van der Waals surface area contributed by atoms with Crippen LogP contribution in [0.5, 0.6) is 5.75 Å². The molecule has 0 radical (unpaired) electrons. The average Bonchev–Trinajstić information content (AvgIpc) is 2.30. The largest absolute Gasteiger partial charge is 0.493 e. The second-order valence-corrected chi connectivity index (χ2v) is 4.42. The molecule has 82 valence electrons. The van der Waals surface area contributed by atoms with Gasteiger partial charge in [-0.3, -0.25) is 0 Å². The van der Waals surface area contributed by atoms with Gasteiger partial charge in [0.15, 0.2) is 0 Å². The maximum atomic E-state index is 5.71. The molecule has 0 bridgehead atoms. The van der Waals surface area contributed by atoms with Gasteiger partial charge in [0.05, 0.1) is 6.61 Å². The van der Waals surface area contributed by atoms with Gasteiger partial charge in [-0.25, -0.2) is 0 Å². The molecule has 16 heavy (non-hydrogen) atoms. The Morgan fingerprint density at radius 2 is 2.00 bits per heavy atom. The Kier molecular flexibility index (Phi) is 2.03. The Hall–Kier alpha value is -1.70. The van der Waals surface area contributed by atoms with Crippen LogP contribution in [0.3, 0.4) is 0 Å². The Morgan fingerprint density at radius 1 is 1.12 bits per heavy atom. The molecule has 2 heteroatoms. The normalized spacial score (nSPS) is 13.6. The molecule has 0 N–H and O–H groups in total. The third-order valence-electron chi connectivity index (χ3n) is 3.18. The lowest BCUT2D eigenvalue weighted by molar-refractivity contribution is 0.318. The smallest absolute Gasteiger partial charge is 0.127 e. The van der Waals surface area contributed by atoms with Gasteiger partial charge in [0.2, 0.25) is 0 Å². The molecular weight excluding hydrogens is 198 g/mol.